The highest BCUT2D eigenvalue weighted by molar-refractivity contribution is 5.63. The number of hydrogen-bond donors (Lipinski definition) is 2. The summed E-state index contributed by atoms with van der Waals surface area (Å²) in [5.74, 6) is 0.302. The van der Waals surface area contributed by atoms with Crippen LogP contribution in [0.1, 0.15) is 0 Å². The molecule has 0 aliphatic rings. The molecule has 2 aromatic rings. The average molecular weight is 218 g/mol. The number of hydrogen-bond acceptors (Lipinski definition) is 2. The topological polar surface area (TPSA) is 44.3 Å². The van der Waals surface area contributed by atoms with E-state index < -0.39 is 0 Å². The molecule has 0 radical (unpaired) electrons. The molecule has 2 N–H and O–H groups in total. The molecular formula is C13H16NO2+. The van der Waals surface area contributed by atoms with E-state index in [0.29, 0.717) is 5.75 Å². The van der Waals surface area contributed by atoms with Crippen molar-refractivity contribution in [3.05, 3.63) is 48.8 Å². The first-order valence-corrected chi connectivity index (χ1v) is 4.95. The fraction of sp³-hybridized carbons (Fsp3) is 0.154. The molecule has 1 heterocycles. The molecule has 1 aromatic heterocycles. The first-order chi connectivity index (χ1) is 7.75. The van der Waals surface area contributed by atoms with Crippen molar-refractivity contribution in [1.82, 2.24) is 0 Å². The molecule has 0 spiro atoms. The predicted molar refractivity (Wildman–Crippen MR) is 62.9 cm³/mol. The molecule has 2 rings (SSSR count). The second kappa shape index (κ2) is 5.88. The zero-order valence-corrected chi connectivity index (χ0v) is 9.46. The Balaban J connectivity index is 0.000000606. The molecule has 84 valence electrons. The lowest BCUT2D eigenvalue weighted by atomic mass is 10.1. The van der Waals surface area contributed by atoms with Gasteiger partial charge in [-0.15, -0.1) is 0 Å². The van der Waals surface area contributed by atoms with E-state index in [9.17, 15) is 5.11 Å². The van der Waals surface area contributed by atoms with Gasteiger partial charge in [0.15, 0.2) is 12.4 Å². The van der Waals surface area contributed by atoms with Gasteiger partial charge in [0.2, 0.25) is 0 Å². The lowest BCUT2D eigenvalue weighted by Crippen LogP contribution is -2.25. The van der Waals surface area contributed by atoms with Gasteiger partial charge < -0.3 is 10.2 Å². The van der Waals surface area contributed by atoms with Gasteiger partial charge in [0.25, 0.3) is 0 Å². The van der Waals surface area contributed by atoms with Gasteiger partial charge in [-0.1, -0.05) is 12.1 Å². The van der Waals surface area contributed by atoms with Crippen LogP contribution in [0.5, 0.6) is 5.75 Å². The van der Waals surface area contributed by atoms with Gasteiger partial charge >= 0.3 is 0 Å². The zero-order chi connectivity index (χ0) is 12.0. The summed E-state index contributed by atoms with van der Waals surface area (Å²) in [5, 5.41) is 16.3. The number of aromatic hydroxyl groups is 1. The molecule has 0 aliphatic carbocycles. The maximum atomic E-state index is 9.32. The number of aliphatic hydroxyl groups excluding tert-OH is 1. The van der Waals surface area contributed by atoms with Crippen LogP contribution in [0.15, 0.2) is 48.8 Å². The Bertz CT molecular complexity index is 438. The summed E-state index contributed by atoms with van der Waals surface area (Å²) < 4.78 is 1.98. The minimum atomic E-state index is 0.302. The fourth-order valence-corrected chi connectivity index (χ4v) is 1.38. The van der Waals surface area contributed by atoms with Crippen molar-refractivity contribution in [2.45, 2.75) is 0 Å². The highest BCUT2D eigenvalue weighted by Gasteiger charge is 1.99. The highest BCUT2D eigenvalue weighted by atomic mass is 16.3. The van der Waals surface area contributed by atoms with Crippen molar-refractivity contribution in [1.29, 1.82) is 0 Å². The molecule has 0 amide bonds. The van der Waals surface area contributed by atoms with E-state index in [1.54, 1.807) is 12.1 Å². The second-order valence-electron chi connectivity index (χ2n) is 3.30. The number of phenols is 1. The molecule has 16 heavy (non-hydrogen) atoms. The van der Waals surface area contributed by atoms with E-state index >= 15 is 0 Å². The minimum absolute atomic E-state index is 0.302. The summed E-state index contributed by atoms with van der Waals surface area (Å²) in [4.78, 5) is 0. The lowest BCUT2D eigenvalue weighted by molar-refractivity contribution is -0.671. The smallest absolute Gasteiger partial charge is 0.169 e. The van der Waals surface area contributed by atoms with E-state index in [1.165, 1.54) is 0 Å². The standard InChI is InChI=1S/C12H11NO.CH4O/c1-13-7-5-10(6-8-13)11-3-2-4-12(14)9-11;1-2/h2-9H,1H3;2H,1H3/p+1. The first kappa shape index (κ1) is 12.2. The summed E-state index contributed by atoms with van der Waals surface area (Å²) in [6.45, 7) is 0. The number of benzene rings is 1. The van der Waals surface area contributed by atoms with E-state index in [0.717, 1.165) is 18.2 Å². The van der Waals surface area contributed by atoms with Gasteiger partial charge in [0.05, 0.1) is 0 Å². The molecular weight excluding hydrogens is 202 g/mol. The maximum Gasteiger partial charge on any atom is 0.169 e. The molecule has 0 bridgehead atoms. The van der Waals surface area contributed by atoms with Gasteiger partial charge in [-0.05, 0) is 23.3 Å². The molecule has 0 saturated heterocycles. The number of pyridine rings is 1. The number of aryl methyl sites for hydroxylation is 1. The summed E-state index contributed by atoms with van der Waals surface area (Å²) >= 11 is 0. The van der Waals surface area contributed by atoms with Crippen LogP contribution in [0.4, 0.5) is 0 Å². The van der Waals surface area contributed by atoms with Crippen LogP contribution in [0, 0.1) is 0 Å². The van der Waals surface area contributed by atoms with Gasteiger partial charge in [-0.3, -0.25) is 0 Å². The Morgan fingerprint density at radius 3 is 2.12 bits per heavy atom. The van der Waals surface area contributed by atoms with E-state index in [-0.39, 0.29) is 0 Å². The van der Waals surface area contributed by atoms with Gasteiger partial charge in [-0.2, -0.15) is 0 Å². The number of rotatable bonds is 1. The molecule has 3 nitrogen and oxygen atoms in total. The largest absolute Gasteiger partial charge is 0.508 e. The SMILES string of the molecule is CO.C[n+]1ccc(-c2cccc(O)c2)cc1. The number of phenolic OH excluding ortho intramolecular Hbond substituents is 1. The average Bonchev–Trinajstić information content (AvgIpc) is 2.32. The Hall–Kier alpha value is -1.87. The van der Waals surface area contributed by atoms with Gasteiger partial charge in [-0.25, -0.2) is 4.57 Å². The Morgan fingerprint density at radius 2 is 1.56 bits per heavy atom. The van der Waals surface area contributed by atoms with Crippen molar-refractivity contribution in [3.63, 3.8) is 0 Å². The summed E-state index contributed by atoms with van der Waals surface area (Å²) in [5.41, 5.74) is 2.14. The monoisotopic (exact) mass is 218 g/mol. The molecule has 0 fully saturated rings. The second-order valence-corrected chi connectivity index (χ2v) is 3.30. The fourth-order valence-electron chi connectivity index (χ4n) is 1.38. The van der Waals surface area contributed by atoms with Gasteiger partial charge in [0.1, 0.15) is 12.8 Å². The number of aliphatic hydroxyl groups is 1. The molecule has 1 aromatic carbocycles. The quantitative estimate of drug-likeness (QED) is 0.712. The van der Waals surface area contributed by atoms with E-state index in [4.69, 9.17) is 5.11 Å². The number of aromatic nitrogens is 1. The molecule has 3 heteroatoms. The third-order valence-corrected chi connectivity index (χ3v) is 2.16. The number of nitrogens with zero attached hydrogens (tertiary/aromatic N) is 1. The maximum absolute atomic E-state index is 9.32. The molecule has 0 unspecified atom stereocenters. The Morgan fingerprint density at radius 1 is 0.938 bits per heavy atom. The summed E-state index contributed by atoms with van der Waals surface area (Å²) in [6, 6.07) is 11.3. The predicted octanol–water partition coefficient (Wildman–Crippen LogP) is 1.49. The van der Waals surface area contributed by atoms with Crippen LogP contribution in [0.25, 0.3) is 11.1 Å². The molecule has 0 saturated carbocycles. The zero-order valence-electron chi connectivity index (χ0n) is 9.46. The summed E-state index contributed by atoms with van der Waals surface area (Å²) in [6.07, 6.45) is 3.97. The van der Waals surface area contributed by atoms with Crippen LogP contribution in [-0.4, -0.2) is 17.3 Å². The van der Waals surface area contributed by atoms with Crippen molar-refractivity contribution in [2.75, 3.05) is 7.11 Å². The lowest BCUT2D eigenvalue weighted by Gasteiger charge is -2.00. The summed E-state index contributed by atoms with van der Waals surface area (Å²) in [7, 11) is 2.98. The van der Waals surface area contributed by atoms with Crippen molar-refractivity contribution in [3.8, 4) is 16.9 Å². The Labute approximate surface area is 95.2 Å². The van der Waals surface area contributed by atoms with Crippen LogP contribution >= 0.6 is 0 Å². The van der Waals surface area contributed by atoms with Crippen LogP contribution in [0.3, 0.4) is 0 Å². The third-order valence-electron chi connectivity index (χ3n) is 2.16. The molecule has 0 atom stereocenters. The van der Waals surface area contributed by atoms with Crippen LogP contribution < -0.4 is 4.57 Å². The minimum Gasteiger partial charge on any atom is -0.508 e. The van der Waals surface area contributed by atoms with E-state index in [1.807, 2.05) is 48.3 Å². The van der Waals surface area contributed by atoms with E-state index in [2.05, 4.69) is 0 Å². The first-order valence-electron chi connectivity index (χ1n) is 4.95. The highest BCUT2D eigenvalue weighted by Crippen LogP contribution is 2.21. The molecule has 0 aliphatic heterocycles. The van der Waals surface area contributed by atoms with Gasteiger partial charge in [0, 0.05) is 19.2 Å². The van der Waals surface area contributed by atoms with Crippen molar-refractivity contribution in [2.24, 2.45) is 7.05 Å². The Kier molecular flexibility index (Phi) is 4.48. The van der Waals surface area contributed by atoms with Crippen LogP contribution in [-0.2, 0) is 7.05 Å². The third kappa shape index (κ3) is 3.07. The van der Waals surface area contributed by atoms with Crippen molar-refractivity contribution >= 4 is 0 Å². The normalized spacial score (nSPS) is 9.19. The van der Waals surface area contributed by atoms with Crippen molar-refractivity contribution < 1.29 is 14.8 Å². The van der Waals surface area contributed by atoms with Crippen LogP contribution in [0.2, 0.25) is 0 Å².